The highest BCUT2D eigenvalue weighted by molar-refractivity contribution is 6.02. The summed E-state index contributed by atoms with van der Waals surface area (Å²) < 4.78 is 7.18. The minimum Gasteiger partial charge on any atom is -0.465 e. The number of fused-ring (bicyclic) bond motifs is 2. The first-order valence-corrected chi connectivity index (χ1v) is 12.1. The van der Waals surface area contributed by atoms with E-state index in [2.05, 4.69) is 34.7 Å². The number of aryl methyl sites for hydroxylation is 1. The SMILES string of the molecule is CCCCc1nc2cccc(C(=O)OC)c2n1Cc1ccc(-c2c(C#N)cnc3ccccc23)cc1. The molecule has 0 amide bonds. The van der Waals surface area contributed by atoms with Crippen molar-refractivity contribution in [1.29, 1.82) is 5.26 Å². The molecule has 6 heteroatoms. The highest BCUT2D eigenvalue weighted by Gasteiger charge is 2.19. The van der Waals surface area contributed by atoms with Crippen molar-refractivity contribution in [3.05, 3.63) is 95.4 Å². The van der Waals surface area contributed by atoms with Crippen LogP contribution in [0.25, 0.3) is 33.1 Å². The smallest absolute Gasteiger partial charge is 0.340 e. The molecule has 0 aliphatic carbocycles. The Morgan fingerprint density at radius 3 is 2.56 bits per heavy atom. The van der Waals surface area contributed by atoms with Crippen molar-refractivity contribution >= 4 is 27.9 Å². The van der Waals surface area contributed by atoms with Crippen molar-refractivity contribution in [3.8, 4) is 17.2 Å². The summed E-state index contributed by atoms with van der Waals surface area (Å²) in [7, 11) is 1.40. The Bertz CT molecular complexity index is 1610. The van der Waals surface area contributed by atoms with Gasteiger partial charge in [0.25, 0.3) is 0 Å². The predicted octanol–water partition coefficient (Wildman–Crippen LogP) is 6.30. The maximum Gasteiger partial charge on any atom is 0.340 e. The van der Waals surface area contributed by atoms with E-state index >= 15 is 0 Å². The van der Waals surface area contributed by atoms with Crippen LogP contribution in [0.4, 0.5) is 0 Å². The van der Waals surface area contributed by atoms with Crippen LogP contribution in [0.5, 0.6) is 0 Å². The van der Waals surface area contributed by atoms with Crippen LogP contribution in [0.2, 0.25) is 0 Å². The summed E-state index contributed by atoms with van der Waals surface area (Å²) in [6, 6.07) is 24.0. The standard InChI is InChI=1S/C30H26N4O2/c1-3-4-12-27-33-26-11-7-9-24(30(35)36-2)29(26)34(27)19-20-13-15-21(16-14-20)28-22(17-31)18-32-25-10-6-5-8-23(25)28/h5-11,13-16,18H,3-4,12,19H2,1-2H3. The average molecular weight is 475 g/mol. The third-order valence-electron chi connectivity index (χ3n) is 6.48. The number of hydrogen-bond acceptors (Lipinski definition) is 5. The van der Waals surface area contributed by atoms with E-state index in [-0.39, 0.29) is 5.97 Å². The number of rotatable bonds is 7. The first-order chi connectivity index (χ1) is 17.6. The molecule has 0 aliphatic heterocycles. The third kappa shape index (κ3) is 4.20. The van der Waals surface area contributed by atoms with Crippen molar-refractivity contribution in [2.45, 2.75) is 32.7 Å². The molecular weight excluding hydrogens is 448 g/mol. The third-order valence-corrected chi connectivity index (χ3v) is 6.48. The Balaban J connectivity index is 1.57. The zero-order valence-electron chi connectivity index (χ0n) is 20.4. The maximum absolute atomic E-state index is 12.5. The number of esters is 1. The highest BCUT2D eigenvalue weighted by Crippen LogP contribution is 2.31. The van der Waals surface area contributed by atoms with Crippen LogP contribution in [0.1, 0.15) is 47.1 Å². The van der Waals surface area contributed by atoms with E-state index in [1.54, 1.807) is 12.3 Å². The average Bonchev–Trinajstić information content (AvgIpc) is 3.28. The summed E-state index contributed by atoms with van der Waals surface area (Å²) in [5, 5.41) is 10.7. The maximum atomic E-state index is 12.5. The van der Waals surface area contributed by atoms with E-state index in [1.807, 2.05) is 48.5 Å². The summed E-state index contributed by atoms with van der Waals surface area (Å²) in [6.45, 7) is 2.73. The molecule has 0 fully saturated rings. The minimum absolute atomic E-state index is 0.368. The molecule has 5 aromatic rings. The van der Waals surface area contributed by atoms with Gasteiger partial charge in [0.05, 0.1) is 34.8 Å². The molecule has 2 heterocycles. The molecule has 6 nitrogen and oxygen atoms in total. The Kier molecular flexibility index (Phi) is 6.46. The number of para-hydroxylation sites is 2. The van der Waals surface area contributed by atoms with E-state index in [0.29, 0.717) is 17.7 Å². The quantitative estimate of drug-likeness (QED) is 0.259. The van der Waals surface area contributed by atoms with Crippen LogP contribution in [-0.2, 0) is 17.7 Å². The van der Waals surface area contributed by atoms with Crippen LogP contribution in [0, 0.1) is 11.3 Å². The lowest BCUT2D eigenvalue weighted by Crippen LogP contribution is -2.09. The molecule has 3 aromatic carbocycles. The molecule has 0 unspecified atom stereocenters. The van der Waals surface area contributed by atoms with Gasteiger partial charge in [-0.3, -0.25) is 4.98 Å². The highest BCUT2D eigenvalue weighted by atomic mass is 16.5. The van der Waals surface area contributed by atoms with Crippen molar-refractivity contribution < 1.29 is 9.53 Å². The van der Waals surface area contributed by atoms with E-state index in [0.717, 1.165) is 63.7 Å². The van der Waals surface area contributed by atoms with E-state index in [9.17, 15) is 10.1 Å². The number of carbonyl (C=O) groups excluding carboxylic acids is 1. The summed E-state index contributed by atoms with van der Waals surface area (Å²) in [4.78, 5) is 21.8. The molecule has 0 saturated heterocycles. The number of benzene rings is 3. The number of carbonyl (C=O) groups is 1. The summed E-state index contributed by atoms with van der Waals surface area (Å²) in [6.07, 6.45) is 4.54. The monoisotopic (exact) mass is 474 g/mol. The molecule has 178 valence electrons. The fourth-order valence-corrected chi connectivity index (χ4v) is 4.70. The Hall–Kier alpha value is -4.50. The van der Waals surface area contributed by atoms with Gasteiger partial charge in [-0.1, -0.05) is 61.9 Å². The number of nitriles is 1. The lowest BCUT2D eigenvalue weighted by molar-refractivity contribution is 0.0602. The molecule has 5 rings (SSSR count). The van der Waals surface area contributed by atoms with Gasteiger partial charge in [-0.15, -0.1) is 0 Å². The van der Waals surface area contributed by atoms with Crippen LogP contribution in [-0.4, -0.2) is 27.6 Å². The van der Waals surface area contributed by atoms with Gasteiger partial charge in [-0.2, -0.15) is 5.26 Å². The topological polar surface area (TPSA) is 80.8 Å². The summed E-state index contributed by atoms with van der Waals surface area (Å²) in [5.74, 6) is 0.590. The van der Waals surface area contributed by atoms with Gasteiger partial charge >= 0.3 is 5.97 Å². The number of ether oxygens (including phenoxy) is 1. The van der Waals surface area contributed by atoms with Crippen molar-refractivity contribution in [2.75, 3.05) is 7.11 Å². The lowest BCUT2D eigenvalue weighted by Gasteiger charge is -2.13. The van der Waals surface area contributed by atoms with Gasteiger partial charge in [0.2, 0.25) is 0 Å². The Morgan fingerprint density at radius 1 is 1.03 bits per heavy atom. The molecule has 0 radical (unpaired) electrons. The fourth-order valence-electron chi connectivity index (χ4n) is 4.70. The van der Waals surface area contributed by atoms with Gasteiger partial charge in [0.1, 0.15) is 11.9 Å². The van der Waals surface area contributed by atoms with Crippen molar-refractivity contribution in [3.63, 3.8) is 0 Å². The van der Waals surface area contributed by atoms with E-state index in [1.165, 1.54) is 7.11 Å². The number of imidazole rings is 1. The number of unbranched alkanes of at least 4 members (excludes halogenated alkanes) is 1. The van der Waals surface area contributed by atoms with Crippen LogP contribution in [0.15, 0.2) is 72.9 Å². The predicted molar refractivity (Wildman–Crippen MR) is 141 cm³/mol. The molecule has 0 bridgehead atoms. The molecular formula is C30H26N4O2. The lowest BCUT2D eigenvalue weighted by atomic mass is 9.96. The van der Waals surface area contributed by atoms with Crippen LogP contribution in [0.3, 0.4) is 0 Å². The molecule has 2 aromatic heterocycles. The zero-order chi connectivity index (χ0) is 25.1. The van der Waals surface area contributed by atoms with Gasteiger partial charge in [-0.25, -0.2) is 9.78 Å². The second-order valence-corrected chi connectivity index (χ2v) is 8.76. The Labute approximate surface area is 209 Å². The van der Waals surface area contributed by atoms with Crippen LogP contribution < -0.4 is 0 Å². The van der Waals surface area contributed by atoms with Gasteiger partial charge in [0.15, 0.2) is 0 Å². The molecule has 0 saturated carbocycles. The first kappa shape index (κ1) is 23.3. The van der Waals surface area contributed by atoms with E-state index < -0.39 is 0 Å². The number of methoxy groups -OCH3 is 1. The second-order valence-electron chi connectivity index (χ2n) is 8.76. The largest absolute Gasteiger partial charge is 0.465 e. The van der Waals surface area contributed by atoms with Gasteiger partial charge < -0.3 is 9.30 Å². The number of hydrogen-bond donors (Lipinski definition) is 0. The second kappa shape index (κ2) is 10.0. The fraction of sp³-hybridized carbons (Fsp3) is 0.200. The van der Waals surface area contributed by atoms with Crippen molar-refractivity contribution in [2.24, 2.45) is 0 Å². The van der Waals surface area contributed by atoms with Crippen LogP contribution >= 0.6 is 0 Å². The Morgan fingerprint density at radius 2 is 1.81 bits per heavy atom. The normalized spacial score (nSPS) is 11.0. The minimum atomic E-state index is -0.368. The molecule has 0 aliphatic rings. The molecule has 36 heavy (non-hydrogen) atoms. The zero-order valence-corrected chi connectivity index (χ0v) is 20.4. The summed E-state index contributed by atoms with van der Waals surface area (Å²) in [5.41, 5.74) is 6.44. The number of aromatic nitrogens is 3. The first-order valence-electron chi connectivity index (χ1n) is 12.1. The molecule has 0 atom stereocenters. The van der Waals surface area contributed by atoms with E-state index in [4.69, 9.17) is 9.72 Å². The number of nitrogens with zero attached hydrogens (tertiary/aromatic N) is 4. The molecule has 0 spiro atoms. The van der Waals surface area contributed by atoms with Crippen molar-refractivity contribution in [1.82, 2.24) is 14.5 Å². The summed E-state index contributed by atoms with van der Waals surface area (Å²) >= 11 is 0. The molecule has 0 N–H and O–H groups in total. The van der Waals surface area contributed by atoms with Gasteiger partial charge in [-0.05, 0) is 35.7 Å². The number of pyridine rings is 1. The van der Waals surface area contributed by atoms with Gasteiger partial charge in [0, 0.05) is 30.1 Å².